The first-order valence-corrected chi connectivity index (χ1v) is 5.59. The highest BCUT2D eigenvalue weighted by atomic mass is 32.2. The Bertz CT molecular complexity index is 321. The summed E-state index contributed by atoms with van der Waals surface area (Å²) in [4.78, 5) is 22.1. The summed E-state index contributed by atoms with van der Waals surface area (Å²) in [6, 6.07) is 0. The van der Waals surface area contributed by atoms with Gasteiger partial charge in [0.15, 0.2) is 9.84 Å². The van der Waals surface area contributed by atoms with Gasteiger partial charge in [-0.1, -0.05) is 0 Å². The highest BCUT2D eigenvalue weighted by Crippen LogP contribution is 2.15. The van der Waals surface area contributed by atoms with Crippen molar-refractivity contribution in [3.63, 3.8) is 0 Å². The van der Waals surface area contributed by atoms with E-state index in [0.717, 1.165) is 7.11 Å². The number of carbonyl (C=O) groups excluding carboxylic acids is 2. The van der Waals surface area contributed by atoms with Crippen LogP contribution in [-0.2, 0) is 24.2 Å². The molecule has 0 N–H and O–H groups in total. The number of methoxy groups -OCH3 is 1. The van der Waals surface area contributed by atoms with E-state index >= 15 is 0 Å². The SMILES string of the molecule is COC(=O)C1CS(=O)(=O)CCC1=O. The number of esters is 1. The molecular weight excluding hydrogens is 196 g/mol. The summed E-state index contributed by atoms with van der Waals surface area (Å²) in [5.41, 5.74) is 0. The van der Waals surface area contributed by atoms with Crippen molar-refractivity contribution < 1.29 is 22.7 Å². The van der Waals surface area contributed by atoms with Crippen LogP contribution < -0.4 is 0 Å². The van der Waals surface area contributed by atoms with Crippen LogP contribution in [0.1, 0.15) is 6.42 Å². The fourth-order valence-corrected chi connectivity index (χ4v) is 2.71. The monoisotopic (exact) mass is 206 g/mol. The minimum absolute atomic E-state index is 0.0813. The van der Waals surface area contributed by atoms with Crippen LogP contribution in [0.15, 0.2) is 0 Å². The standard InChI is InChI=1S/C7H10O5S/c1-12-7(9)5-4-13(10,11)3-2-6(5)8/h5H,2-4H2,1H3. The van der Waals surface area contributed by atoms with Crippen LogP contribution in [0, 0.1) is 5.92 Å². The molecule has 1 rings (SSSR count). The number of rotatable bonds is 1. The van der Waals surface area contributed by atoms with Gasteiger partial charge >= 0.3 is 5.97 Å². The van der Waals surface area contributed by atoms with Crippen LogP contribution in [0.3, 0.4) is 0 Å². The fraction of sp³-hybridized carbons (Fsp3) is 0.714. The number of hydrogen-bond acceptors (Lipinski definition) is 5. The van der Waals surface area contributed by atoms with Crippen LogP contribution in [0.4, 0.5) is 0 Å². The normalized spacial score (nSPS) is 26.8. The Kier molecular flexibility index (Phi) is 2.70. The molecule has 0 aliphatic carbocycles. The predicted octanol–water partition coefficient (Wildman–Crippen LogP) is -0.837. The summed E-state index contributed by atoms with van der Waals surface area (Å²) in [7, 11) is -2.11. The first kappa shape index (κ1) is 10.2. The molecule has 5 nitrogen and oxygen atoms in total. The van der Waals surface area contributed by atoms with Crippen LogP contribution >= 0.6 is 0 Å². The fourth-order valence-electron chi connectivity index (χ4n) is 1.20. The summed E-state index contributed by atoms with van der Waals surface area (Å²) in [6.07, 6.45) is -0.0813. The van der Waals surface area contributed by atoms with Crippen molar-refractivity contribution in [1.82, 2.24) is 0 Å². The largest absolute Gasteiger partial charge is 0.468 e. The third kappa shape index (κ3) is 2.27. The van der Waals surface area contributed by atoms with E-state index in [4.69, 9.17) is 0 Å². The predicted molar refractivity (Wildman–Crippen MR) is 43.8 cm³/mol. The zero-order valence-electron chi connectivity index (χ0n) is 7.15. The van der Waals surface area contributed by atoms with E-state index in [1.807, 2.05) is 0 Å². The molecule has 0 spiro atoms. The molecular formula is C7H10O5S. The molecule has 0 aromatic rings. The first-order chi connectivity index (χ1) is 5.96. The molecule has 1 aliphatic heterocycles. The van der Waals surface area contributed by atoms with Crippen molar-refractivity contribution in [3.8, 4) is 0 Å². The van der Waals surface area contributed by atoms with Crippen molar-refractivity contribution in [2.75, 3.05) is 18.6 Å². The lowest BCUT2D eigenvalue weighted by Gasteiger charge is -2.18. The number of ether oxygens (including phenoxy) is 1. The van der Waals surface area contributed by atoms with E-state index in [-0.39, 0.29) is 18.0 Å². The molecule has 0 radical (unpaired) electrons. The minimum Gasteiger partial charge on any atom is -0.468 e. The van der Waals surface area contributed by atoms with Crippen molar-refractivity contribution in [1.29, 1.82) is 0 Å². The maximum absolute atomic E-state index is 11.1. The minimum atomic E-state index is -3.24. The van der Waals surface area contributed by atoms with E-state index in [1.54, 1.807) is 0 Å². The van der Waals surface area contributed by atoms with Gasteiger partial charge in [-0.05, 0) is 0 Å². The van der Waals surface area contributed by atoms with Crippen molar-refractivity contribution in [2.24, 2.45) is 5.92 Å². The quantitative estimate of drug-likeness (QED) is 0.413. The Balaban J connectivity index is 2.83. The molecule has 0 saturated carbocycles. The summed E-state index contributed by atoms with van der Waals surface area (Å²) in [5.74, 6) is -2.77. The van der Waals surface area contributed by atoms with Crippen molar-refractivity contribution >= 4 is 21.6 Å². The maximum Gasteiger partial charge on any atom is 0.317 e. The molecule has 0 aromatic carbocycles. The van der Waals surface area contributed by atoms with Gasteiger partial charge in [-0.3, -0.25) is 9.59 Å². The molecule has 1 fully saturated rings. The summed E-state index contributed by atoms with van der Waals surface area (Å²) in [6.45, 7) is 0. The summed E-state index contributed by atoms with van der Waals surface area (Å²) in [5, 5.41) is 0. The van der Waals surface area contributed by atoms with Crippen molar-refractivity contribution in [2.45, 2.75) is 6.42 Å². The van der Waals surface area contributed by atoms with Gasteiger partial charge in [-0.2, -0.15) is 0 Å². The summed E-state index contributed by atoms with van der Waals surface area (Å²) >= 11 is 0. The van der Waals surface area contributed by atoms with E-state index in [1.165, 1.54) is 0 Å². The van der Waals surface area contributed by atoms with Crippen LogP contribution in [0.25, 0.3) is 0 Å². The molecule has 6 heteroatoms. The molecule has 0 aromatic heterocycles. The lowest BCUT2D eigenvalue weighted by Crippen LogP contribution is -2.38. The average Bonchev–Trinajstić information content (AvgIpc) is 2.08. The second-order valence-corrected chi connectivity index (χ2v) is 5.14. The highest BCUT2D eigenvalue weighted by molar-refractivity contribution is 7.91. The van der Waals surface area contributed by atoms with Crippen LogP contribution in [0.5, 0.6) is 0 Å². The van der Waals surface area contributed by atoms with Gasteiger partial charge in [0.2, 0.25) is 0 Å². The molecule has 0 bridgehead atoms. The molecule has 74 valence electrons. The second kappa shape index (κ2) is 3.45. The van der Waals surface area contributed by atoms with E-state index in [9.17, 15) is 18.0 Å². The molecule has 1 aliphatic rings. The Morgan fingerprint density at radius 2 is 2.15 bits per heavy atom. The van der Waals surface area contributed by atoms with Gasteiger partial charge in [0.1, 0.15) is 11.7 Å². The van der Waals surface area contributed by atoms with E-state index in [0.29, 0.717) is 0 Å². The molecule has 1 heterocycles. The lowest BCUT2D eigenvalue weighted by atomic mass is 10.0. The number of carbonyl (C=O) groups is 2. The number of hydrogen-bond donors (Lipinski definition) is 0. The van der Waals surface area contributed by atoms with E-state index < -0.39 is 27.5 Å². The molecule has 1 atom stereocenters. The van der Waals surface area contributed by atoms with Crippen LogP contribution in [0.2, 0.25) is 0 Å². The van der Waals surface area contributed by atoms with Gasteiger partial charge < -0.3 is 4.74 Å². The van der Waals surface area contributed by atoms with Gasteiger partial charge in [0, 0.05) is 6.42 Å². The van der Waals surface area contributed by atoms with Gasteiger partial charge in [-0.25, -0.2) is 8.42 Å². The Morgan fingerprint density at radius 1 is 1.54 bits per heavy atom. The average molecular weight is 206 g/mol. The van der Waals surface area contributed by atoms with Crippen molar-refractivity contribution in [3.05, 3.63) is 0 Å². The molecule has 13 heavy (non-hydrogen) atoms. The summed E-state index contributed by atoms with van der Waals surface area (Å²) < 4.78 is 26.5. The molecule has 1 saturated heterocycles. The number of ketones is 1. The molecule has 1 unspecified atom stereocenters. The topological polar surface area (TPSA) is 77.5 Å². The second-order valence-electron chi connectivity index (χ2n) is 2.91. The Labute approximate surface area is 76.0 Å². The number of sulfone groups is 1. The smallest absolute Gasteiger partial charge is 0.317 e. The van der Waals surface area contributed by atoms with Gasteiger partial charge in [0.25, 0.3) is 0 Å². The van der Waals surface area contributed by atoms with Crippen LogP contribution in [-0.4, -0.2) is 38.8 Å². The van der Waals surface area contributed by atoms with Gasteiger partial charge in [-0.15, -0.1) is 0 Å². The zero-order valence-corrected chi connectivity index (χ0v) is 7.96. The van der Waals surface area contributed by atoms with E-state index in [2.05, 4.69) is 4.74 Å². The number of Topliss-reactive ketones (excluding diaryl/α,β-unsaturated/α-hetero) is 1. The molecule has 0 amide bonds. The zero-order chi connectivity index (χ0) is 10.1. The third-order valence-corrected chi connectivity index (χ3v) is 3.62. The van der Waals surface area contributed by atoms with Gasteiger partial charge in [0.05, 0.1) is 18.6 Å². The Morgan fingerprint density at radius 3 is 2.69 bits per heavy atom. The maximum atomic E-state index is 11.1. The lowest BCUT2D eigenvalue weighted by molar-refractivity contribution is -0.148. The highest BCUT2D eigenvalue weighted by Gasteiger charge is 2.37. The first-order valence-electron chi connectivity index (χ1n) is 3.77. The Hall–Kier alpha value is -0.910. The third-order valence-electron chi connectivity index (χ3n) is 1.95.